The summed E-state index contributed by atoms with van der Waals surface area (Å²) in [5.74, 6) is 0.150. The van der Waals surface area contributed by atoms with Crippen LogP contribution in [0.15, 0.2) is 30.3 Å². The van der Waals surface area contributed by atoms with Crippen LogP contribution in [0.25, 0.3) is 0 Å². The number of amides is 1. The van der Waals surface area contributed by atoms with Crippen molar-refractivity contribution in [2.45, 2.75) is 76.5 Å². The number of benzene rings is 1. The van der Waals surface area contributed by atoms with Crippen molar-refractivity contribution >= 4 is 12.1 Å². The van der Waals surface area contributed by atoms with Gasteiger partial charge in [0.25, 0.3) is 0 Å². The van der Waals surface area contributed by atoms with Crippen molar-refractivity contribution < 1.29 is 19.1 Å². The third-order valence-electron chi connectivity index (χ3n) is 6.22. The lowest BCUT2D eigenvalue weighted by molar-refractivity contribution is -0.165. The molecule has 142 valence electrons. The third kappa shape index (κ3) is 3.71. The number of carbonyl (C=O) groups is 2. The number of alkyl carbamates (subject to hydrolysis) is 1. The minimum absolute atomic E-state index is 0.0916. The van der Waals surface area contributed by atoms with Gasteiger partial charge < -0.3 is 14.8 Å². The van der Waals surface area contributed by atoms with E-state index in [0.717, 1.165) is 25.7 Å². The largest absolute Gasteiger partial charge is 0.458 e. The summed E-state index contributed by atoms with van der Waals surface area (Å²) in [6.45, 7) is 8.30. The van der Waals surface area contributed by atoms with E-state index < -0.39 is 29.8 Å². The second-order valence-corrected chi connectivity index (χ2v) is 8.47. The highest BCUT2D eigenvalue weighted by Gasteiger charge is 2.44. The van der Waals surface area contributed by atoms with E-state index in [1.54, 1.807) is 6.92 Å². The molecule has 0 spiro atoms. The van der Waals surface area contributed by atoms with Gasteiger partial charge >= 0.3 is 12.1 Å². The number of carbonyl (C=O) groups excluding carboxylic acids is 2. The first-order valence-electron chi connectivity index (χ1n) is 9.47. The normalized spacial score (nSPS) is 31.8. The Hall–Kier alpha value is -2.04. The lowest BCUT2D eigenvalue weighted by atomic mass is 9.65. The van der Waals surface area contributed by atoms with Gasteiger partial charge in [0.15, 0.2) is 6.04 Å². The van der Waals surface area contributed by atoms with Gasteiger partial charge in [0.1, 0.15) is 11.7 Å². The molecular weight excluding hydrogens is 330 g/mol. The first-order valence-corrected chi connectivity index (χ1v) is 9.47. The van der Waals surface area contributed by atoms with Gasteiger partial charge in [0.05, 0.1) is 0 Å². The number of ether oxygens (including phenoxy) is 2. The summed E-state index contributed by atoms with van der Waals surface area (Å²) < 4.78 is 10.8. The van der Waals surface area contributed by atoms with Crippen molar-refractivity contribution in [3.05, 3.63) is 35.9 Å². The van der Waals surface area contributed by atoms with Crippen molar-refractivity contribution in [2.75, 3.05) is 0 Å². The first-order chi connectivity index (χ1) is 12.2. The van der Waals surface area contributed by atoms with E-state index in [0.29, 0.717) is 5.92 Å². The van der Waals surface area contributed by atoms with Crippen LogP contribution in [-0.4, -0.2) is 29.8 Å². The maximum absolute atomic E-state index is 12.5. The van der Waals surface area contributed by atoms with E-state index >= 15 is 0 Å². The Morgan fingerprint density at radius 2 is 1.85 bits per heavy atom. The minimum Gasteiger partial charge on any atom is -0.458 e. The quantitative estimate of drug-likeness (QED) is 0.827. The van der Waals surface area contributed by atoms with Gasteiger partial charge in [0.2, 0.25) is 0 Å². The number of cyclic esters (lactones) is 1. The highest BCUT2D eigenvalue weighted by Crippen LogP contribution is 2.44. The summed E-state index contributed by atoms with van der Waals surface area (Å²) in [4.78, 5) is 23.7. The van der Waals surface area contributed by atoms with Crippen LogP contribution in [0.2, 0.25) is 0 Å². The molecule has 1 aromatic rings. The average molecular weight is 359 g/mol. The molecule has 1 N–H and O–H groups in total. The molecule has 3 rings (SSSR count). The van der Waals surface area contributed by atoms with Crippen LogP contribution in [0.3, 0.4) is 0 Å². The van der Waals surface area contributed by atoms with Crippen molar-refractivity contribution in [2.24, 2.45) is 5.92 Å². The van der Waals surface area contributed by atoms with E-state index in [1.807, 2.05) is 13.0 Å². The Labute approximate surface area is 155 Å². The van der Waals surface area contributed by atoms with Gasteiger partial charge in [-0.3, -0.25) is 0 Å². The number of esters is 1. The molecule has 1 aliphatic carbocycles. The van der Waals surface area contributed by atoms with Gasteiger partial charge in [-0.25, -0.2) is 9.59 Å². The predicted molar refractivity (Wildman–Crippen MR) is 98.8 cm³/mol. The van der Waals surface area contributed by atoms with Gasteiger partial charge in [-0.2, -0.15) is 0 Å². The second-order valence-electron chi connectivity index (χ2n) is 8.47. The number of hydrogen-bond acceptors (Lipinski definition) is 4. The van der Waals surface area contributed by atoms with Gasteiger partial charge in [-0.15, -0.1) is 0 Å². The number of nitrogens with one attached hydrogen (secondary N) is 1. The minimum atomic E-state index is -0.710. The van der Waals surface area contributed by atoms with Crippen LogP contribution >= 0.6 is 0 Å². The molecule has 1 heterocycles. The molecule has 2 fully saturated rings. The smallest absolute Gasteiger partial charge is 0.408 e. The van der Waals surface area contributed by atoms with Gasteiger partial charge in [0, 0.05) is 0 Å². The summed E-state index contributed by atoms with van der Waals surface area (Å²) in [5.41, 5.74) is 0.965. The number of hydrogen-bond donors (Lipinski definition) is 1. The van der Waals surface area contributed by atoms with Crippen LogP contribution in [0, 0.1) is 5.92 Å². The van der Waals surface area contributed by atoms with Crippen molar-refractivity contribution in [1.29, 1.82) is 0 Å². The molecule has 1 amide bonds. The van der Waals surface area contributed by atoms with E-state index in [1.165, 1.54) is 5.56 Å². The molecule has 2 atom stereocenters. The van der Waals surface area contributed by atoms with Crippen molar-refractivity contribution in [1.82, 2.24) is 5.32 Å². The fourth-order valence-electron chi connectivity index (χ4n) is 4.23. The Bertz CT molecular complexity index is 662. The van der Waals surface area contributed by atoms with Crippen LogP contribution < -0.4 is 5.32 Å². The molecule has 1 aromatic carbocycles. The molecule has 1 saturated carbocycles. The predicted octanol–water partition coefficient (Wildman–Crippen LogP) is 3.95. The maximum Gasteiger partial charge on any atom is 0.408 e. The molecule has 2 unspecified atom stereocenters. The summed E-state index contributed by atoms with van der Waals surface area (Å²) in [5, 5.41) is 2.53. The summed E-state index contributed by atoms with van der Waals surface area (Å²) >= 11 is 0. The number of rotatable bonds is 4. The zero-order chi connectivity index (χ0) is 18.9. The topological polar surface area (TPSA) is 64.6 Å². The fraction of sp³-hybridized carbons (Fsp3) is 0.619. The maximum atomic E-state index is 12.5. The molecule has 0 aromatic heterocycles. The lowest BCUT2D eigenvalue weighted by Gasteiger charge is -2.43. The van der Waals surface area contributed by atoms with Crippen molar-refractivity contribution in [3.8, 4) is 0 Å². The molecule has 1 saturated heterocycles. The van der Waals surface area contributed by atoms with E-state index in [9.17, 15) is 9.59 Å². The van der Waals surface area contributed by atoms with Gasteiger partial charge in [-0.05, 0) is 56.4 Å². The molecule has 5 nitrogen and oxygen atoms in total. The molecular formula is C21H29NO4. The Morgan fingerprint density at radius 3 is 2.38 bits per heavy atom. The molecule has 26 heavy (non-hydrogen) atoms. The zero-order valence-electron chi connectivity index (χ0n) is 16.1. The standard InChI is InChI=1S/C21H29NO4/c1-14-17(22-19(24)25-14)18(23)26-21(4)12-10-16(11-13-21)20(2,3)15-8-6-5-7-9-15/h5-9,14,16-17H,10-13H2,1-4H3,(H,22,24). The summed E-state index contributed by atoms with van der Waals surface area (Å²) in [6.07, 6.45) is 2.62. The SMILES string of the molecule is CC1OC(=O)NC1C(=O)OC1(C)CCC(C(C)(C)c2ccccc2)CC1. The molecule has 0 bridgehead atoms. The molecule has 2 aliphatic rings. The highest BCUT2D eigenvalue weighted by molar-refractivity contribution is 5.85. The van der Waals surface area contributed by atoms with Crippen LogP contribution in [0.1, 0.15) is 58.9 Å². The van der Waals surface area contributed by atoms with Crippen molar-refractivity contribution in [3.63, 3.8) is 0 Å². The molecule has 0 radical (unpaired) electrons. The van der Waals surface area contributed by atoms with Crippen LogP contribution in [0.4, 0.5) is 4.79 Å². The summed E-state index contributed by atoms with van der Waals surface area (Å²) in [7, 11) is 0. The lowest BCUT2D eigenvalue weighted by Crippen LogP contribution is -2.46. The molecule has 5 heteroatoms. The Morgan fingerprint density at radius 1 is 1.23 bits per heavy atom. The Kier molecular flexibility index (Phi) is 5.00. The monoisotopic (exact) mass is 359 g/mol. The first kappa shape index (κ1) is 18.7. The van der Waals surface area contributed by atoms with E-state index in [-0.39, 0.29) is 5.41 Å². The third-order valence-corrected chi connectivity index (χ3v) is 6.22. The van der Waals surface area contributed by atoms with E-state index in [4.69, 9.17) is 9.47 Å². The second kappa shape index (κ2) is 6.93. The van der Waals surface area contributed by atoms with Gasteiger partial charge in [-0.1, -0.05) is 44.2 Å². The van der Waals surface area contributed by atoms with Crippen LogP contribution in [0.5, 0.6) is 0 Å². The molecule has 1 aliphatic heterocycles. The highest BCUT2D eigenvalue weighted by atomic mass is 16.6. The van der Waals surface area contributed by atoms with Crippen LogP contribution in [-0.2, 0) is 19.7 Å². The summed E-state index contributed by atoms with van der Waals surface area (Å²) in [6, 6.07) is 9.90. The fourth-order valence-corrected chi connectivity index (χ4v) is 4.23. The average Bonchev–Trinajstić information content (AvgIpc) is 2.94. The Balaban J connectivity index is 1.60. The van der Waals surface area contributed by atoms with E-state index in [2.05, 4.69) is 43.4 Å². The zero-order valence-corrected chi connectivity index (χ0v) is 16.1.